The van der Waals surface area contributed by atoms with Gasteiger partial charge in [-0.3, -0.25) is 4.79 Å². The summed E-state index contributed by atoms with van der Waals surface area (Å²) in [7, 11) is 4.76. The van der Waals surface area contributed by atoms with Gasteiger partial charge in [-0.2, -0.15) is 0 Å². The molecule has 1 amide bonds. The smallest absolute Gasteiger partial charge is 0.233 e. The third-order valence-corrected chi connectivity index (χ3v) is 6.63. The Hall–Kier alpha value is -2.34. The van der Waals surface area contributed by atoms with Gasteiger partial charge in [0.2, 0.25) is 11.7 Å². The van der Waals surface area contributed by atoms with E-state index in [1.165, 1.54) is 10.5 Å². The summed E-state index contributed by atoms with van der Waals surface area (Å²) in [6, 6.07) is 12.4. The molecule has 5 nitrogen and oxygen atoms in total. The normalized spacial score (nSPS) is 21.0. The zero-order valence-corrected chi connectivity index (χ0v) is 18.1. The number of methoxy groups -OCH3 is 3. The molecule has 0 N–H and O–H groups in total. The molecule has 1 saturated carbocycles. The van der Waals surface area contributed by atoms with E-state index < -0.39 is 0 Å². The van der Waals surface area contributed by atoms with Crippen LogP contribution >= 0.6 is 11.8 Å². The van der Waals surface area contributed by atoms with Crippen molar-refractivity contribution >= 4 is 23.4 Å². The van der Waals surface area contributed by atoms with Crippen LogP contribution in [0.25, 0.3) is 0 Å². The molecule has 4 rings (SSSR count). The summed E-state index contributed by atoms with van der Waals surface area (Å²) in [4.78, 5) is 16.3. The third-order valence-electron chi connectivity index (χ3n) is 5.73. The fourth-order valence-corrected chi connectivity index (χ4v) is 4.87. The zero-order valence-electron chi connectivity index (χ0n) is 17.3. The molecule has 2 aromatic carbocycles. The van der Waals surface area contributed by atoms with Crippen LogP contribution in [0.5, 0.6) is 17.2 Å². The average Bonchev–Trinajstić information content (AvgIpc) is 3.56. The molecule has 2 aromatic rings. The van der Waals surface area contributed by atoms with E-state index >= 15 is 0 Å². The van der Waals surface area contributed by atoms with Crippen molar-refractivity contribution in [2.24, 2.45) is 11.8 Å². The highest BCUT2D eigenvalue weighted by atomic mass is 32.2. The summed E-state index contributed by atoms with van der Waals surface area (Å²) in [5.74, 6) is 3.41. The fourth-order valence-electron chi connectivity index (χ4n) is 4.20. The second-order valence-corrected chi connectivity index (χ2v) is 8.74. The van der Waals surface area contributed by atoms with Gasteiger partial charge in [0.1, 0.15) is 0 Å². The molecule has 2 aliphatic rings. The largest absolute Gasteiger partial charge is 0.493 e. The molecule has 1 aliphatic carbocycles. The maximum Gasteiger partial charge on any atom is 0.233 e. The van der Waals surface area contributed by atoms with Gasteiger partial charge in [-0.05, 0) is 42.2 Å². The Balaban J connectivity index is 1.72. The SMILES string of the molecule is CCSc1ccc(C2C(C3CC3)C(=O)N2c2cc(OC)c(OC)c(OC)c2)cc1. The van der Waals surface area contributed by atoms with Crippen molar-refractivity contribution in [3.05, 3.63) is 42.0 Å². The number of β-lactam (4-membered cyclic amide) rings is 1. The van der Waals surface area contributed by atoms with Gasteiger partial charge >= 0.3 is 0 Å². The minimum absolute atomic E-state index is 0.0403. The van der Waals surface area contributed by atoms with Crippen LogP contribution in [0.2, 0.25) is 0 Å². The molecule has 0 spiro atoms. The Morgan fingerprint density at radius 3 is 2.10 bits per heavy atom. The molecule has 0 radical (unpaired) electrons. The van der Waals surface area contributed by atoms with Crippen LogP contribution < -0.4 is 19.1 Å². The lowest BCUT2D eigenvalue weighted by molar-refractivity contribution is -0.131. The van der Waals surface area contributed by atoms with Gasteiger partial charge in [0.15, 0.2) is 11.5 Å². The maximum absolute atomic E-state index is 13.2. The highest BCUT2D eigenvalue weighted by molar-refractivity contribution is 7.99. The van der Waals surface area contributed by atoms with Crippen molar-refractivity contribution in [3.8, 4) is 17.2 Å². The van der Waals surface area contributed by atoms with Crippen molar-refractivity contribution in [2.75, 3.05) is 32.0 Å². The van der Waals surface area contributed by atoms with Crippen molar-refractivity contribution in [1.29, 1.82) is 0 Å². The summed E-state index contributed by atoms with van der Waals surface area (Å²) in [6.07, 6.45) is 2.28. The molecule has 1 saturated heterocycles. The molecular weight excluding hydrogens is 386 g/mol. The van der Waals surface area contributed by atoms with Crippen LogP contribution in [0.1, 0.15) is 31.4 Å². The van der Waals surface area contributed by atoms with Gasteiger partial charge < -0.3 is 19.1 Å². The van der Waals surface area contributed by atoms with Crippen LogP contribution in [-0.2, 0) is 4.79 Å². The summed E-state index contributed by atoms with van der Waals surface area (Å²) in [5, 5.41) is 0. The molecular formula is C23H27NO4S. The first-order valence-electron chi connectivity index (χ1n) is 9.98. The molecule has 29 heavy (non-hydrogen) atoms. The number of thioether (sulfide) groups is 1. The number of amides is 1. The van der Waals surface area contributed by atoms with E-state index in [0.29, 0.717) is 23.2 Å². The van der Waals surface area contributed by atoms with Crippen LogP contribution in [0, 0.1) is 11.8 Å². The maximum atomic E-state index is 13.2. The molecule has 6 heteroatoms. The Labute approximate surface area is 176 Å². The highest BCUT2D eigenvalue weighted by Gasteiger charge is 2.55. The number of anilines is 1. The number of rotatable bonds is 8. The first-order valence-corrected chi connectivity index (χ1v) is 11.0. The van der Waals surface area contributed by atoms with Crippen LogP contribution in [0.15, 0.2) is 41.3 Å². The van der Waals surface area contributed by atoms with Crippen molar-refractivity contribution in [2.45, 2.75) is 30.7 Å². The Kier molecular flexibility index (Phi) is 5.63. The molecule has 1 heterocycles. The number of hydrogen-bond donors (Lipinski definition) is 0. The first kappa shape index (κ1) is 20.0. The van der Waals surface area contributed by atoms with Crippen molar-refractivity contribution < 1.29 is 19.0 Å². The Morgan fingerprint density at radius 1 is 1.00 bits per heavy atom. The van der Waals surface area contributed by atoms with E-state index in [0.717, 1.165) is 24.3 Å². The molecule has 1 aliphatic heterocycles. The minimum Gasteiger partial charge on any atom is -0.493 e. The number of carbonyl (C=O) groups is 1. The number of nitrogens with zero attached hydrogens (tertiary/aromatic N) is 1. The number of hydrogen-bond acceptors (Lipinski definition) is 5. The lowest BCUT2D eigenvalue weighted by atomic mass is 9.78. The van der Waals surface area contributed by atoms with Crippen LogP contribution in [0.3, 0.4) is 0 Å². The van der Waals surface area contributed by atoms with Gasteiger partial charge in [0.25, 0.3) is 0 Å². The predicted molar refractivity (Wildman–Crippen MR) is 115 cm³/mol. The van der Waals surface area contributed by atoms with Gasteiger partial charge in [0, 0.05) is 17.0 Å². The first-order chi connectivity index (χ1) is 14.1. The number of benzene rings is 2. The van der Waals surface area contributed by atoms with Gasteiger partial charge in [-0.25, -0.2) is 0 Å². The van der Waals surface area contributed by atoms with E-state index in [1.807, 2.05) is 28.8 Å². The number of ether oxygens (including phenoxy) is 3. The van der Waals surface area contributed by atoms with E-state index in [9.17, 15) is 4.79 Å². The number of carbonyl (C=O) groups excluding carboxylic acids is 1. The van der Waals surface area contributed by atoms with Gasteiger partial charge in [-0.1, -0.05) is 19.1 Å². The van der Waals surface area contributed by atoms with E-state index in [2.05, 4.69) is 31.2 Å². The lowest BCUT2D eigenvalue weighted by Gasteiger charge is -2.48. The van der Waals surface area contributed by atoms with Crippen LogP contribution in [-0.4, -0.2) is 33.0 Å². The molecule has 2 atom stereocenters. The summed E-state index contributed by atoms with van der Waals surface area (Å²) >= 11 is 1.82. The molecule has 2 fully saturated rings. The van der Waals surface area contributed by atoms with E-state index in [1.54, 1.807) is 21.3 Å². The molecule has 154 valence electrons. The fraction of sp³-hybridized carbons (Fsp3) is 0.435. The summed E-state index contributed by atoms with van der Waals surface area (Å²) in [5.41, 5.74) is 1.95. The van der Waals surface area contributed by atoms with Gasteiger partial charge in [0.05, 0.1) is 39.0 Å². The monoisotopic (exact) mass is 413 g/mol. The molecule has 0 bridgehead atoms. The standard InChI is InChI=1S/C23H27NO4S/c1-5-29-17-10-8-15(9-11-17)21-20(14-6-7-14)23(25)24(21)16-12-18(26-2)22(28-4)19(13-16)27-3/h8-14,20-21H,5-7H2,1-4H3. The van der Waals surface area contributed by atoms with Crippen molar-refractivity contribution in [3.63, 3.8) is 0 Å². The average molecular weight is 414 g/mol. The Morgan fingerprint density at radius 2 is 1.62 bits per heavy atom. The van der Waals surface area contributed by atoms with Crippen LogP contribution in [0.4, 0.5) is 5.69 Å². The zero-order chi connectivity index (χ0) is 20.5. The lowest BCUT2D eigenvalue weighted by Crippen LogP contribution is -2.56. The minimum atomic E-state index is 0.0403. The van der Waals surface area contributed by atoms with E-state index in [4.69, 9.17) is 14.2 Å². The molecule has 0 aromatic heterocycles. The highest BCUT2D eigenvalue weighted by Crippen LogP contribution is 2.55. The van der Waals surface area contributed by atoms with Crippen molar-refractivity contribution in [1.82, 2.24) is 0 Å². The second kappa shape index (κ2) is 8.19. The van der Waals surface area contributed by atoms with Gasteiger partial charge in [-0.15, -0.1) is 11.8 Å². The predicted octanol–water partition coefficient (Wildman–Crippen LogP) is 4.94. The molecule has 2 unspecified atom stereocenters. The Bertz CT molecular complexity index is 869. The summed E-state index contributed by atoms with van der Waals surface area (Å²) < 4.78 is 16.4. The van der Waals surface area contributed by atoms with E-state index in [-0.39, 0.29) is 17.9 Å². The quantitative estimate of drug-likeness (QED) is 0.453. The second-order valence-electron chi connectivity index (χ2n) is 7.40. The topological polar surface area (TPSA) is 48.0 Å². The summed E-state index contributed by atoms with van der Waals surface area (Å²) in [6.45, 7) is 2.15. The third kappa shape index (κ3) is 3.54.